The number of hydrogen-bond acceptors (Lipinski definition) is 8. The lowest BCUT2D eigenvalue weighted by atomic mass is 9.98. The second-order valence-electron chi connectivity index (χ2n) is 10.4. The lowest BCUT2D eigenvalue weighted by Crippen LogP contribution is -2.36. The fraction of sp³-hybridized carbons (Fsp3) is 0.323. The monoisotopic (exact) mass is 561 g/mol. The zero-order valence-electron chi connectivity index (χ0n) is 23.5. The average molecular weight is 562 g/mol. The van der Waals surface area contributed by atoms with Crippen molar-refractivity contribution in [2.75, 3.05) is 26.5 Å². The molecule has 1 heterocycles. The van der Waals surface area contributed by atoms with Crippen molar-refractivity contribution in [3.05, 3.63) is 84.0 Å². The number of carbonyl (C=O) groups excluding carboxylic acids is 4. The van der Waals surface area contributed by atoms with Gasteiger partial charge in [0.2, 0.25) is 6.79 Å². The smallest absolute Gasteiger partial charge is 0.413 e. The van der Waals surface area contributed by atoms with Crippen LogP contribution in [0.25, 0.3) is 11.1 Å². The first-order chi connectivity index (χ1) is 19.5. The van der Waals surface area contributed by atoms with Crippen molar-refractivity contribution in [2.24, 2.45) is 5.41 Å². The van der Waals surface area contributed by atoms with Crippen LogP contribution in [-0.4, -0.2) is 61.2 Å². The highest BCUT2D eigenvalue weighted by molar-refractivity contribution is 6.04. The van der Waals surface area contributed by atoms with Crippen molar-refractivity contribution in [1.29, 1.82) is 5.41 Å². The number of rotatable bonds is 8. The molecule has 0 atom stereocenters. The van der Waals surface area contributed by atoms with Crippen LogP contribution in [0.4, 0.5) is 4.79 Å². The molecule has 0 radical (unpaired) electrons. The van der Waals surface area contributed by atoms with Crippen molar-refractivity contribution in [3.63, 3.8) is 0 Å². The zero-order chi connectivity index (χ0) is 30.0. The topological polar surface area (TPSA) is 135 Å². The first-order valence-corrected chi connectivity index (χ1v) is 13.1. The van der Waals surface area contributed by atoms with Gasteiger partial charge in [-0.15, -0.1) is 0 Å². The minimum atomic E-state index is -0.724. The second kappa shape index (κ2) is 14.1. The Hall–Kier alpha value is -4.73. The van der Waals surface area contributed by atoms with Crippen LogP contribution in [0.1, 0.15) is 49.5 Å². The summed E-state index contributed by atoms with van der Waals surface area (Å²) >= 11 is 0. The second-order valence-corrected chi connectivity index (χ2v) is 10.4. The Morgan fingerprint density at radius 1 is 0.902 bits per heavy atom. The van der Waals surface area contributed by atoms with Gasteiger partial charge in [-0.3, -0.25) is 20.3 Å². The summed E-state index contributed by atoms with van der Waals surface area (Å²) in [5, 5.41) is 10.4. The van der Waals surface area contributed by atoms with Gasteiger partial charge in [-0.1, -0.05) is 54.6 Å². The number of carbonyl (C=O) groups is 4. The molecule has 1 fully saturated rings. The summed E-state index contributed by atoms with van der Waals surface area (Å²) < 4.78 is 14.7. The maximum absolute atomic E-state index is 13.0. The molecule has 1 aliphatic heterocycles. The fourth-order valence-corrected chi connectivity index (χ4v) is 3.87. The van der Waals surface area contributed by atoms with Crippen LogP contribution >= 0.6 is 0 Å². The van der Waals surface area contributed by atoms with Gasteiger partial charge in [0.05, 0.1) is 5.41 Å². The molecule has 0 aliphatic carbocycles. The molecule has 0 bridgehead atoms. The van der Waals surface area contributed by atoms with Crippen LogP contribution < -0.4 is 5.32 Å². The van der Waals surface area contributed by atoms with Crippen LogP contribution in [0, 0.1) is 10.8 Å². The molecule has 3 rings (SSSR count). The van der Waals surface area contributed by atoms with Crippen LogP contribution in [0.15, 0.2) is 72.8 Å². The Morgan fingerprint density at radius 2 is 1.46 bits per heavy atom. The fourth-order valence-electron chi connectivity index (χ4n) is 3.87. The normalized spacial score (nSPS) is 13.0. The van der Waals surface area contributed by atoms with E-state index in [0.29, 0.717) is 37.1 Å². The molecule has 0 spiro atoms. The van der Waals surface area contributed by atoms with E-state index in [1.165, 1.54) is 12.2 Å². The third-order valence-electron chi connectivity index (χ3n) is 6.22. The molecule has 10 heteroatoms. The van der Waals surface area contributed by atoms with Gasteiger partial charge in [-0.2, -0.15) is 0 Å². The first-order valence-electron chi connectivity index (χ1n) is 13.1. The average Bonchev–Trinajstić information content (AvgIpc) is 2.95. The SMILES string of the molecule is C=CCOC(=O)NC(=N)c1ccc(-c2ccc(C(=O)N3CCC(=CC(=O)OCOC(=O)C(C)(C)C)CC3)cc2)cc1. The summed E-state index contributed by atoms with van der Waals surface area (Å²) in [4.78, 5) is 50.2. The predicted octanol–water partition coefficient (Wildman–Crippen LogP) is 4.84. The zero-order valence-corrected chi connectivity index (χ0v) is 23.5. The molecule has 0 unspecified atom stereocenters. The number of alkyl carbamates (subject to hydrolysis) is 1. The highest BCUT2D eigenvalue weighted by atomic mass is 16.7. The number of amides is 2. The van der Waals surface area contributed by atoms with Crippen LogP contribution in [-0.2, 0) is 23.8 Å². The lowest BCUT2D eigenvalue weighted by molar-refractivity contribution is -0.170. The maximum atomic E-state index is 13.0. The first kappa shape index (κ1) is 30.8. The van der Waals surface area contributed by atoms with Crippen LogP contribution in [0.5, 0.6) is 0 Å². The van der Waals surface area contributed by atoms with Gasteiger partial charge in [0.1, 0.15) is 12.4 Å². The Kier molecular flexibility index (Phi) is 10.6. The van der Waals surface area contributed by atoms with Gasteiger partial charge in [0.25, 0.3) is 5.91 Å². The molecule has 2 aromatic rings. The van der Waals surface area contributed by atoms with E-state index in [-0.39, 0.29) is 18.3 Å². The Balaban J connectivity index is 1.49. The number of esters is 2. The van der Waals surface area contributed by atoms with E-state index >= 15 is 0 Å². The van der Waals surface area contributed by atoms with Crippen molar-refractivity contribution in [1.82, 2.24) is 10.2 Å². The van der Waals surface area contributed by atoms with E-state index in [4.69, 9.17) is 19.6 Å². The van der Waals surface area contributed by atoms with Gasteiger partial charge in [0.15, 0.2) is 0 Å². The number of ether oxygens (including phenoxy) is 3. The molecular weight excluding hydrogens is 526 g/mol. The van der Waals surface area contributed by atoms with E-state index in [2.05, 4.69) is 11.9 Å². The largest absolute Gasteiger partial charge is 0.445 e. The molecule has 10 nitrogen and oxygen atoms in total. The standard InChI is InChI=1S/C31H35N3O7/c1-5-18-39-30(38)33-27(32)24-10-6-22(7-11-24)23-8-12-25(13-9-23)28(36)34-16-14-21(15-17-34)19-26(35)40-20-41-29(37)31(2,3)4/h5-13,19H,1,14-18,20H2,2-4H3,(H2,32,33,38). The summed E-state index contributed by atoms with van der Waals surface area (Å²) in [6, 6.07) is 14.4. The molecule has 2 N–H and O–H groups in total. The number of benzene rings is 2. The molecule has 1 aliphatic rings. The highest BCUT2D eigenvalue weighted by Gasteiger charge is 2.24. The minimum absolute atomic E-state index is 0.0576. The van der Waals surface area contributed by atoms with E-state index in [1.807, 2.05) is 24.3 Å². The summed E-state index contributed by atoms with van der Waals surface area (Å²) in [5.74, 6) is -1.20. The van der Waals surface area contributed by atoms with Crippen molar-refractivity contribution < 1.29 is 33.4 Å². The highest BCUT2D eigenvalue weighted by Crippen LogP contribution is 2.23. The Bertz CT molecular complexity index is 1310. The predicted molar refractivity (Wildman–Crippen MR) is 153 cm³/mol. The van der Waals surface area contributed by atoms with Crippen LogP contribution in [0.2, 0.25) is 0 Å². The number of hydrogen-bond donors (Lipinski definition) is 2. The molecule has 216 valence electrons. The van der Waals surface area contributed by atoms with Gasteiger partial charge in [-0.25, -0.2) is 9.59 Å². The molecule has 1 saturated heterocycles. The quantitative estimate of drug-likeness (QED) is 0.118. The summed E-state index contributed by atoms with van der Waals surface area (Å²) in [6.45, 7) is 9.18. The van der Waals surface area contributed by atoms with Crippen molar-refractivity contribution >= 4 is 29.8 Å². The van der Waals surface area contributed by atoms with Crippen molar-refractivity contribution in [3.8, 4) is 11.1 Å². The number of amidine groups is 1. The molecule has 41 heavy (non-hydrogen) atoms. The van der Waals surface area contributed by atoms with Gasteiger partial charge in [0, 0.05) is 30.3 Å². The number of nitrogens with one attached hydrogen (secondary N) is 2. The minimum Gasteiger partial charge on any atom is -0.445 e. The van der Waals surface area contributed by atoms with Gasteiger partial charge >= 0.3 is 18.0 Å². The van der Waals surface area contributed by atoms with Crippen molar-refractivity contribution in [2.45, 2.75) is 33.6 Å². The van der Waals surface area contributed by atoms with Gasteiger partial charge < -0.3 is 19.1 Å². The number of nitrogens with zero attached hydrogens (tertiary/aromatic N) is 1. The maximum Gasteiger partial charge on any atom is 0.413 e. The summed E-state index contributed by atoms with van der Waals surface area (Å²) in [6.07, 6.45) is 3.21. The number of likely N-dealkylation sites (tertiary alicyclic amines) is 1. The van der Waals surface area contributed by atoms with E-state index in [1.54, 1.807) is 49.9 Å². The van der Waals surface area contributed by atoms with Gasteiger partial charge in [-0.05, 0) is 56.9 Å². The summed E-state index contributed by atoms with van der Waals surface area (Å²) in [5.41, 5.74) is 3.06. The Labute approximate surface area is 239 Å². The van der Waals surface area contributed by atoms with Crippen LogP contribution in [0.3, 0.4) is 0 Å². The third-order valence-corrected chi connectivity index (χ3v) is 6.22. The molecule has 0 aromatic heterocycles. The van der Waals surface area contributed by atoms with E-state index < -0.39 is 30.2 Å². The number of piperidine rings is 1. The lowest BCUT2D eigenvalue weighted by Gasteiger charge is -2.28. The molecule has 2 amide bonds. The summed E-state index contributed by atoms with van der Waals surface area (Å²) in [7, 11) is 0. The van der Waals surface area contributed by atoms with E-state index in [9.17, 15) is 19.2 Å². The molecule has 2 aromatic carbocycles. The Morgan fingerprint density at radius 3 is 2.00 bits per heavy atom. The third kappa shape index (κ3) is 9.16. The van der Waals surface area contributed by atoms with E-state index in [0.717, 1.165) is 16.7 Å². The molecule has 0 saturated carbocycles. The molecular formula is C31H35N3O7.